The summed E-state index contributed by atoms with van der Waals surface area (Å²) in [5.74, 6) is 0.337. The third-order valence-corrected chi connectivity index (χ3v) is 4.13. The number of nitrogens with one attached hydrogen (secondary N) is 3. The molecule has 0 aliphatic carbocycles. The zero-order valence-electron chi connectivity index (χ0n) is 13.9. The van der Waals surface area contributed by atoms with E-state index >= 15 is 0 Å². The van der Waals surface area contributed by atoms with Gasteiger partial charge in [-0.3, -0.25) is 5.32 Å². The Morgan fingerprint density at radius 1 is 1.15 bits per heavy atom. The summed E-state index contributed by atoms with van der Waals surface area (Å²) in [7, 11) is 0. The lowest BCUT2D eigenvalue weighted by atomic mass is 10.1. The second-order valence-electron chi connectivity index (χ2n) is 6.12. The van der Waals surface area contributed by atoms with E-state index in [1.807, 2.05) is 0 Å². The summed E-state index contributed by atoms with van der Waals surface area (Å²) >= 11 is 0. The van der Waals surface area contributed by atoms with Gasteiger partial charge in [0.1, 0.15) is 5.82 Å². The van der Waals surface area contributed by atoms with Crippen molar-refractivity contribution in [2.24, 2.45) is 0 Å². The first kappa shape index (κ1) is 18.2. The molecule has 1 aliphatic rings. The van der Waals surface area contributed by atoms with Crippen LogP contribution in [0, 0.1) is 0 Å². The zero-order valence-corrected chi connectivity index (χ0v) is 13.9. The molecule has 26 heavy (non-hydrogen) atoms. The molecule has 1 unspecified atom stereocenters. The minimum atomic E-state index is -4.37. The summed E-state index contributed by atoms with van der Waals surface area (Å²) in [6.45, 7) is 1.68. The minimum absolute atomic E-state index is 0.0712. The molecule has 1 saturated heterocycles. The van der Waals surface area contributed by atoms with Gasteiger partial charge >= 0.3 is 12.2 Å². The molecule has 2 amide bonds. The van der Waals surface area contributed by atoms with E-state index in [1.54, 1.807) is 18.2 Å². The van der Waals surface area contributed by atoms with Crippen molar-refractivity contribution in [3.05, 3.63) is 48.0 Å². The molecular formula is C18H19F3N4O. The van der Waals surface area contributed by atoms with Crippen LogP contribution in [0.15, 0.2) is 42.5 Å². The highest BCUT2D eigenvalue weighted by molar-refractivity contribution is 5.88. The number of amides is 2. The van der Waals surface area contributed by atoms with Crippen LogP contribution < -0.4 is 16.0 Å². The second kappa shape index (κ2) is 7.74. The first-order chi connectivity index (χ1) is 12.4. The Kier molecular flexibility index (Phi) is 5.41. The standard InChI is InChI=1S/C18H19F3N4O/c19-18(20,21)13-8-6-12(7-9-13)15-4-1-5-16(24-15)25-17(26)23-14-3-2-10-22-11-14/h1,4-9,14,22H,2-3,10-11H2,(H2,23,24,25,26). The molecule has 138 valence electrons. The average Bonchev–Trinajstić information content (AvgIpc) is 2.62. The Labute approximate surface area is 149 Å². The molecular weight excluding hydrogens is 345 g/mol. The SMILES string of the molecule is O=C(Nc1cccc(-c2ccc(C(F)(F)F)cc2)n1)NC1CCCNC1. The van der Waals surface area contributed by atoms with Crippen LogP contribution in [0.2, 0.25) is 0 Å². The van der Waals surface area contributed by atoms with E-state index in [0.29, 0.717) is 17.1 Å². The summed E-state index contributed by atoms with van der Waals surface area (Å²) in [6, 6.07) is 9.48. The van der Waals surface area contributed by atoms with E-state index in [-0.39, 0.29) is 12.1 Å². The van der Waals surface area contributed by atoms with Crippen LogP contribution in [-0.4, -0.2) is 30.1 Å². The number of hydrogen-bond acceptors (Lipinski definition) is 3. The Morgan fingerprint density at radius 2 is 1.92 bits per heavy atom. The van der Waals surface area contributed by atoms with Gasteiger partial charge in [0.05, 0.1) is 11.3 Å². The maximum atomic E-state index is 12.6. The summed E-state index contributed by atoms with van der Waals surface area (Å²) in [5.41, 5.74) is 0.311. The molecule has 1 aliphatic heterocycles. The van der Waals surface area contributed by atoms with Gasteiger partial charge in [0.25, 0.3) is 0 Å². The number of hydrogen-bond donors (Lipinski definition) is 3. The third-order valence-electron chi connectivity index (χ3n) is 4.13. The van der Waals surface area contributed by atoms with Crippen molar-refractivity contribution in [3.8, 4) is 11.3 Å². The summed E-state index contributed by atoms with van der Waals surface area (Å²) in [6.07, 6.45) is -2.45. The lowest BCUT2D eigenvalue weighted by Gasteiger charge is -2.23. The summed E-state index contributed by atoms with van der Waals surface area (Å²) in [4.78, 5) is 16.4. The van der Waals surface area contributed by atoms with Gasteiger partial charge in [0, 0.05) is 18.2 Å². The van der Waals surface area contributed by atoms with Gasteiger partial charge in [-0.2, -0.15) is 13.2 Å². The number of rotatable bonds is 3. The molecule has 0 bridgehead atoms. The Hall–Kier alpha value is -2.61. The molecule has 3 rings (SSSR count). The lowest BCUT2D eigenvalue weighted by molar-refractivity contribution is -0.137. The number of carbonyl (C=O) groups excluding carboxylic acids is 1. The maximum Gasteiger partial charge on any atom is 0.416 e. The van der Waals surface area contributed by atoms with Crippen LogP contribution in [0.4, 0.5) is 23.8 Å². The molecule has 2 aromatic rings. The number of pyridine rings is 1. The summed E-state index contributed by atoms with van der Waals surface area (Å²) < 4.78 is 37.9. The number of aromatic nitrogens is 1. The highest BCUT2D eigenvalue weighted by Crippen LogP contribution is 2.30. The van der Waals surface area contributed by atoms with Gasteiger partial charge in [-0.15, -0.1) is 0 Å². The second-order valence-corrected chi connectivity index (χ2v) is 6.12. The maximum absolute atomic E-state index is 12.6. The van der Waals surface area contributed by atoms with E-state index in [0.717, 1.165) is 38.1 Å². The molecule has 0 radical (unpaired) electrons. The zero-order chi connectivity index (χ0) is 18.6. The van der Waals surface area contributed by atoms with Crippen LogP contribution in [0.5, 0.6) is 0 Å². The molecule has 1 aromatic heterocycles. The number of alkyl halides is 3. The number of piperidine rings is 1. The number of urea groups is 1. The van der Waals surface area contributed by atoms with Gasteiger partial charge in [-0.05, 0) is 43.7 Å². The van der Waals surface area contributed by atoms with Crippen molar-refractivity contribution in [2.45, 2.75) is 25.1 Å². The van der Waals surface area contributed by atoms with Crippen LogP contribution in [-0.2, 0) is 6.18 Å². The predicted molar refractivity (Wildman–Crippen MR) is 92.7 cm³/mol. The predicted octanol–water partition coefficient (Wildman–Crippen LogP) is 3.64. The quantitative estimate of drug-likeness (QED) is 0.779. The number of halogens is 3. The van der Waals surface area contributed by atoms with Gasteiger partial charge in [0.15, 0.2) is 0 Å². The van der Waals surface area contributed by atoms with Gasteiger partial charge in [0.2, 0.25) is 0 Å². The number of anilines is 1. The minimum Gasteiger partial charge on any atom is -0.334 e. The number of carbonyl (C=O) groups is 1. The molecule has 1 aromatic carbocycles. The normalized spacial score (nSPS) is 17.6. The summed E-state index contributed by atoms with van der Waals surface area (Å²) in [5, 5.41) is 8.75. The number of benzene rings is 1. The Morgan fingerprint density at radius 3 is 2.58 bits per heavy atom. The number of nitrogens with zero attached hydrogens (tertiary/aromatic N) is 1. The van der Waals surface area contributed by atoms with Crippen molar-refractivity contribution in [2.75, 3.05) is 18.4 Å². The molecule has 3 N–H and O–H groups in total. The topological polar surface area (TPSA) is 66.0 Å². The van der Waals surface area contributed by atoms with E-state index < -0.39 is 11.7 Å². The Balaban J connectivity index is 1.67. The molecule has 2 heterocycles. The molecule has 0 saturated carbocycles. The van der Waals surface area contributed by atoms with Crippen LogP contribution in [0.25, 0.3) is 11.3 Å². The van der Waals surface area contributed by atoms with E-state index in [2.05, 4.69) is 20.9 Å². The molecule has 5 nitrogen and oxygen atoms in total. The molecule has 1 atom stereocenters. The fraction of sp³-hybridized carbons (Fsp3) is 0.333. The van der Waals surface area contributed by atoms with Crippen LogP contribution >= 0.6 is 0 Å². The largest absolute Gasteiger partial charge is 0.416 e. The van der Waals surface area contributed by atoms with E-state index in [4.69, 9.17) is 0 Å². The first-order valence-electron chi connectivity index (χ1n) is 8.35. The highest BCUT2D eigenvalue weighted by Gasteiger charge is 2.30. The van der Waals surface area contributed by atoms with Gasteiger partial charge in [-0.1, -0.05) is 18.2 Å². The van der Waals surface area contributed by atoms with Crippen LogP contribution in [0.3, 0.4) is 0 Å². The first-order valence-corrected chi connectivity index (χ1v) is 8.35. The van der Waals surface area contributed by atoms with Gasteiger partial charge < -0.3 is 10.6 Å². The van der Waals surface area contributed by atoms with Crippen molar-refractivity contribution in [1.82, 2.24) is 15.6 Å². The van der Waals surface area contributed by atoms with Gasteiger partial charge in [-0.25, -0.2) is 9.78 Å². The highest BCUT2D eigenvalue weighted by atomic mass is 19.4. The third kappa shape index (κ3) is 4.72. The molecule has 8 heteroatoms. The van der Waals surface area contributed by atoms with Crippen LogP contribution in [0.1, 0.15) is 18.4 Å². The average molecular weight is 364 g/mol. The molecule has 0 spiro atoms. The fourth-order valence-electron chi connectivity index (χ4n) is 2.81. The van der Waals surface area contributed by atoms with Crippen molar-refractivity contribution in [1.29, 1.82) is 0 Å². The Bertz CT molecular complexity index is 756. The monoisotopic (exact) mass is 364 g/mol. The lowest BCUT2D eigenvalue weighted by Crippen LogP contribution is -2.47. The fourth-order valence-corrected chi connectivity index (χ4v) is 2.81. The van der Waals surface area contributed by atoms with E-state index in [9.17, 15) is 18.0 Å². The van der Waals surface area contributed by atoms with Crippen molar-refractivity contribution >= 4 is 11.8 Å². The van der Waals surface area contributed by atoms with Crippen molar-refractivity contribution in [3.63, 3.8) is 0 Å². The van der Waals surface area contributed by atoms with Crippen molar-refractivity contribution < 1.29 is 18.0 Å². The van der Waals surface area contributed by atoms with E-state index in [1.165, 1.54) is 12.1 Å². The smallest absolute Gasteiger partial charge is 0.334 e. The molecule has 1 fully saturated rings.